The van der Waals surface area contributed by atoms with Crippen LogP contribution >= 0.6 is 0 Å². The molecule has 0 saturated carbocycles. The highest BCUT2D eigenvalue weighted by Gasteiger charge is 2.11. The van der Waals surface area contributed by atoms with Crippen LogP contribution in [-0.2, 0) is 0 Å². The van der Waals surface area contributed by atoms with Crippen LogP contribution in [0.25, 0.3) is 5.57 Å². The fraction of sp³-hybridized carbons (Fsp3) is 0.429. The van der Waals surface area contributed by atoms with E-state index in [0.717, 1.165) is 24.5 Å². The molecule has 0 radical (unpaired) electrons. The van der Waals surface area contributed by atoms with Crippen molar-refractivity contribution in [2.75, 3.05) is 6.54 Å². The molecule has 1 aromatic carbocycles. The van der Waals surface area contributed by atoms with Crippen LogP contribution in [0.5, 0.6) is 0 Å². The average molecular weight is 239 g/mol. The van der Waals surface area contributed by atoms with E-state index in [0.29, 0.717) is 12.1 Å². The Hall–Kier alpha value is -1.22. The number of hydrogen-bond acceptors (Lipinski definition) is 1. The standard InChI is InChI=1S/C14H19F2N/c1-10(2)12(5-3-4-8-17)13-7-6-11(15)9-14(13)16/h5-7,9-10H,3-4,8,17H2,1-2H3/b12-5+. The predicted molar refractivity (Wildman–Crippen MR) is 67.5 cm³/mol. The second-order valence-electron chi connectivity index (χ2n) is 4.37. The zero-order valence-electron chi connectivity index (χ0n) is 10.3. The first kappa shape index (κ1) is 13.8. The Morgan fingerprint density at radius 2 is 2.06 bits per heavy atom. The summed E-state index contributed by atoms with van der Waals surface area (Å²) in [5.74, 6) is -0.846. The molecule has 0 unspecified atom stereocenters. The van der Waals surface area contributed by atoms with Crippen LogP contribution in [0.3, 0.4) is 0 Å². The average Bonchev–Trinajstić information content (AvgIpc) is 2.25. The van der Waals surface area contributed by atoms with Crippen molar-refractivity contribution in [2.45, 2.75) is 26.7 Å². The molecule has 17 heavy (non-hydrogen) atoms. The van der Waals surface area contributed by atoms with Crippen LogP contribution in [0, 0.1) is 17.6 Å². The first-order valence-corrected chi connectivity index (χ1v) is 5.91. The number of allylic oxidation sites excluding steroid dienone is 2. The number of benzene rings is 1. The minimum Gasteiger partial charge on any atom is -0.330 e. The van der Waals surface area contributed by atoms with Gasteiger partial charge in [0.1, 0.15) is 11.6 Å². The Morgan fingerprint density at radius 3 is 2.59 bits per heavy atom. The second kappa shape index (κ2) is 6.50. The van der Waals surface area contributed by atoms with Gasteiger partial charge in [0.05, 0.1) is 0 Å². The van der Waals surface area contributed by atoms with Gasteiger partial charge >= 0.3 is 0 Å². The second-order valence-corrected chi connectivity index (χ2v) is 4.37. The molecule has 0 aromatic heterocycles. The quantitative estimate of drug-likeness (QED) is 0.778. The van der Waals surface area contributed by atoms with E-state index in [1.165, 1.54) is 12.1 Å². The zero-order chi connectivity index (χ0) is 12.8. The first-order valence-electron chi connectivity index (χ1n) is 5.91. The normalized spacial score (nSPS) is 12.2. The van der Waals surface area contributed by atoms with Gasteiger partial charge in [0.2, 0.25) is 0 Å². The van der Waals surface area contributed by atoms with E-state index in [9.17, 15) is 8.78 Å². The van der Waals surface area contributed by atoms with Crippen LogP contribution in [0.2, 0.25) is 0 Å². The Bertz CT molecular complexity index is 397. The lowest BCUT2D eigenvalue weighted by Gasteiger charge is -2.13. The number of halogens is 2. The van der Waals surface area contributed by atoms with Crippen molar-refractivity contribution >= 4 is 5.57 Å². The molecular weight excluding hydrogens is 220 g/mol. The summed E-state index contributed by atoms with van der Waals surface area (Å²) in [5, 5.41) is 0. The van der Waals surface area contributed by atoms with E-state index in [4.69, 9.17) is 5.73 Å². The van der Waals surface area contributed by atoms with Crippen LogP contribution < -0.4 is 5.73 Å². The van der Waals surface area contributed by atoms with Crippen LogP contribution in [0.15, 0.2) is 24.3 Å². The molecule has 0 bridgehead atoms. The fourth-order valence-corrected chi connectivity index (χ4v) is 1.76. The highest BCUT2D eigenvalue weighted by Crippen LogP contribution is 2.26. The summed E-state index contributed by atoms with van der Waals surface area (Å²) in [6, 6.07) is 3.71. The molecular formula is C14H19F2N. The smallest absolute Gasteiger partial charge is 0.133 e. The SMILES string of the molecule is CC(C)/C(=C\CCCN)c1ccc(F)cc1F. The van der Waals surface area contributed by atoms with Gasteiger partial charge in [-0.25, -0.2) is 8.78 Å². The first-order chi connectivity index (χ1) is 8.06. The lowest BCUT2D eigenvalue weighted by Crippen LogP contribution is -2.00. The van der Waals surface area contributed by atoms with E-state index >= 15 is 0 Å². The van der Waals surface area contributed by atoms with Gasteiger partial charge in [-0.2, -0.15) is 0 Å². The minimum atomic E-state index is -0.545. The molecule has 3 heteroatoms. The summed E-state index contributed by atoms with van der Waals surface area (Å²) < 4.78 is 26.5. The van der Waals surface area contributed by atoms with Gasteiger partial charge in [-0.1, -0.05) is 19.9 Å². The summed E-state index contributed by atoms with van der Waals surface area (Å²) in [6.45, 7) is 4.61. The van der Waals surface area contributed by atoms with E-state index in [-0.39, 0.29) is 5.92 Å². The van der Waals surface area contributed by atoms with Crippen molar-refractivity contribution in [3.63, 3.8) is 0 Å². The maximum absolute atomic E-state index is 13.7. The van der Waals surface area contributed by atoms with Crippen molar-refractivity contribution in [1.29, 1.82) is 0 Å². The van der Waals surface area contributed by atoms with Gasteiger partial charge in [0, 0.05) is 11.6 Å². The molecule has 0 heterocycles. The largest absolute Gasteiger partial charge is 0.330 e. The molecule has 94 valence electrons. The summed E-state index contributed by atoms with van der Waals surface area (Å²) in [7, 11) is 0. The van der Waals surface area contributed by atoms with E-state index in [1.54, 1.807) is 0 Å². The van der Waals surface area contributed by atoms with Gasteiger partial charge in [0.25, 0.3) is 0 Å². The van der Waals surface area contributed by atoms with Gasteiger partial charge < -0.3 is 5.73 Å². The van der Waals surface area contributed by atoms with Crippen LogP contribution in [0.1, 0.15) is 32.3 Å². The molecule has 0 fully saturated rings. The van der Waals surface area contributed by atoms with Crippen molar-refractivity contribution in [2.24, 2.45) is 11.7 Å². The Labute approximate surface area is 101 Å². The van der Waals surface area contributed by atoms with Crippen LogP contribution in [0.4, 0.5) is 8.78 Å². The molecule has 1 nitrogen and oxygen atoms in total. The fourth-order valence-electron chi connectivity index (χ4n) is 1.76. The van der Waals surface area contributed by atoms with E-state index in [1.807, 2.05) is 19.9 Å². The molecule has 1 rings (SSSR count). The summed E-state index contributed by atoms with van der Waals surface area (Å²) in [4.78, 5) is 0. The summed E-state index contributed by atoms with van der Waals surface area (Å²) >= 11 is 0. The van der Waals surface area contributed by atoms with Crippen molar-refractivity contribution < 1.29 is 8.78 Å². The molecule has 1 aromatic rings. The zero-order valence-corrected chi connectivity index (χ0v) is 10.3. The Morgan fingerprint density at radius 1 is 1.35 bits per heavy atom. The molecule has 0 aliphatic rings. The number of unbranched alkanes of at least 4 members (excludes halogenated alkanes) is 1. The summed E-state index contributed by atoms with van der Waals surface area (Å²) in [6.07, 6.45) is 3.69. The monoisotopic (exact) mass is 239 g/mol. The lowest BCUT2D eigenvalue weighted by molar-refractivity contribution is 0.579. The highest BCUT2D eigenvalue weighted by atomic mass is 19.1. The number of hydrogen-bond donors (Lipinski definition) is 1. The predicted octanol–water partition coefficient (Wildman–Crippen LogP) is 3.74. The van der Waals surface area contributed by atoms with Gasteiger partial charge in [-0.3, -0.25) is 0 Å². The molecule has 0 spiro atoms. The van der Waals surface area contributed by atoms with E-state index in [2.05, 4.69) is 0 Å². The lowest BCUT2D eigenvalue weighted by atomic mass is 9.93. The third kappa shape index (κ3) is 3.93. The molecule has 0 aliphatic carbocycles. The topological polar surface area (TPSA) is 26.0 Å². The third-order valence-electron chi connectivity index (χ3n) is 2.64. The molecule has 2 N–H and O–H groups in total. The maximum Gasteiger partial charge on any atom is 0.133 e. The van der Waals surface area contributed by atoms with Gasteiger partial charge in [-0.05, 0) is 43.0 Å². The molecule has 0 aliphatic heterocycles. The number of nitrogens with two attached hydrogens (primary N) is 1. The van der Waals surface area contributed by atoms with Gasteiger partial charge in [-0.15, -0.1) is 0 Å². The highest BCUT2D eigenvalue weighted by molar-refractivity contribution is 5.67. The Balaban J connectivity index is 3.01. The van der Waals surface area contributed by atoms with Crippen LogP contribution in [-0.4, -0.2) is 6.54 Å². The molecule has 0 amide bonds. The number of rotatable bonds is 5. The van der Waals surface area contributed by atoms with Crippen molar-refractivity contribution in [3.8, 4) is 0 Å². The minimum absolute atomic E-state index is 0.202. The Kier molecular flexibility index (Phi) is 5.29. The third-order valence-corrected chi connectivity index (χ3v) is 2.64. The molecule has 0 atom stereocenters. The van der Waals surface area contributed by atoms with E-state index < -0.39 is 11.6 Å². The molecule has 0 saturated heterocycles. The van der Waals surface area contributed by atoms with Gasteiger partial charge in [0.15, 0.2) is 0 Å². The summed E-state index contributed by atoms with van der Waals surface area (Å²) in [5.41, 5.74) is 6.82. The van der Waals surface area contributed by atoms with Crippen molar-refractivity contribution in [1.82, 2.24) is 0 Å². The van der Waals surface area contributed by atoms with Crippen molar-refractivity contribution in [3.05, 3.63) is 41.5 Å². The maximum atomic E-state index is 13.7.